The second-order valence-electron chi connectivity index (χ2n) is 3.70. The molecule has 0 N–H and O–H groups in total. The van der Waals surface area contributed by atoms with Crippen LogP contribution in [0.2, 0.25) is 0 Å². The second kappa shape index (κ2) is 4.83. The molecular weight excluding hydrogens is 264 g/mol. The van der Waals surface area contributed by atoms with Gasteiger partial charge in [0, 0.05) is 34.8 Å². The van der Waals surface area contributed by atoms with Gasteiger partial charge in [-0.2, -0.15) is 0 Å². The molecule has 0 fully saturated rings. The molecule has 1 heterocycles. The number of anilines is 1. The molecule has 0 unspecified atom stereocenters. The van der Waals surface area contributed by atoms with E-state index in [-0.39, 0.29) is 0 Å². The normalized spacial score (nSPS) is 10.7. The fraction of sp³-hybridized carbons (Fsp3) is 0.308. The van der Waals surface area contributed by atoms with Gasteiger partial charge in [-0.3, -0.25) is 4.98 Å². The van der Waals surface area contributed by atoms with Crippen molar-refractivity contribution < 1.29 is 0 Å². The van der Waals surface area contributed by atoms with Crippen LogP contribution in [0, 0.1) is 0 Å². The number of pyridine rings is 1. The number of fused-ring (bicyclic) bond motifs is 1. The number of benzene rings is 1. The van der Waals surface area contributed by atoms with E-state index < -0.39 is 0 Å². The first-order valence-corrected chi connectivity index (χ1v) is 6.34. The van der Waals surface area contributed by atoms with E-state index in [1.165, 1.54) is 11.1 Å². The lowest BCUT2D eigenvalue weighted by Gasteiger charge is -2.21. The molecule has 1 aromatic heterocycles. The summed E-state index contributed by atoms with van der Waals surface area (Å²) in [6.07, 6.45) is 1.83. The van der Waals surface area contributed by atoms with Crippen LogP contribution >= 0.6 is 15.9 Å². The second-order valence-corrected chi connectivity index (χ2v) is 4.62. The molecule has 0 atom stereocenters. The Kier molecular flexibility index (Phi) is 3.44. The van der Waals surface area contributed by atoms with Crippen molar-refractivity contribution in [1.29, 1.82) is 0 Å². The van der Waals surface area contributed by atoms with Gasteiger partial charge in [-0.15, -0.1) is 0 Å². The van der Waals surface area contributed by atoms with Crippen molar-refractivity contribution in [2.24, 2.45) is 0 Å². The molecule has 0 saturated heterocycles. The van der Waals surface area contributed by atoms with Gasteiger partial charge in [-0.05, 0) is 54.0 Å². The minimum absolute atomic E-state index is 1.02. The quantitative estimate of drug-likeness (QED) is 0.848. The lowest BCUT2D eigenvalue weighted by atomic mass is 10.2. The minimum atomic E-state index is 1.02. The lowest BCUT2D eigenvalue weighted by molar-refractivity contribution is 0.867. The zero-order valence-corrected chi connectivity index (χ0v) is 11.2. The Morgan fingerprint density at radius 3 is 2.62 bits per heavy atom. The molecule has 0 aliphatic rings. The molecule has 0 amide bonds. The summed E-state index contributed by atoms with van der Waals surface area (Å²) in [6.45, 7) is 6.41. The fourth-order valence-electron chi connectivity index (χ4n) is 1.88. The molecule has 0 spiro atoms. The third kappa shape index (κ3) is 2.19. The molecular formula is C13H15BrN2. The minimum Gasteiger partial charge on any atom is -0.372 e. The van der Waals surface area contributed by atoms with Crippen molar-refractivity contribution >= 4 is 32.5 Å². The Morgan fingerprint density at radius 2 is 1.94 bits per heavy atom. The van der Waals surface area contributed by atoms with Gasteiger partial charge < -0.3 is 4.90 Å². The number of halogens is 1. The van der Waals surface area contributed by atoms with E-state index in [1.54, 1.807) is 0 Å². The van der Waals surface area contributed by atoms with Crippen LogP contribution in [-0.4, -0.2) is 18.1 Å². The van der Waals surface area contributed by atoms with E-state index in [2.05, 4.69) is 63.9 Å². The van der Waals surface area contributed by atoms with E-state index in [0.29, 0.717) is 0 Å². The smallest absolute Gasteiger partial charge is 0.0704 e. The molecule has 0 bridgehead atoms. The summed E-state index contributed by atoms with van der Waals surface area (Å²) in [6, 6.07) is 8.51. The predicted octanol–water partition coefficient (Wildman–Crippen LogP) is 3.84. The fourth-order valence-corrected chi connectivity index (χ4v) is 2.23. The van der Waals surface area contributed by atoms with Crippen LogP contribution in [0.3, 0.4) is 0 Å². The zero-order chi connectivity index (χ0) is 11.5. The van der Waals surface area contributed by atoms with Gasteiger partial charge in [0.25, 0.3) is 0 Å². The highest BCUT2D eigenvalue weighted by atomic mass is 79.9. The highest BCUT2D eigenvalue weighted by Gasteiger charge is 2.03. The summed E-state index contributed by atoms with van der Waals surface area (Å²) in [5.41, 5.74) is 2.30. The van der Waals surface area contributed by atoms with Gasteiger partial charge in [0.2, 0.25) is 0 Å². The number of hydrogen-bond donors (Lipinski definition) is 0. The van der Waals surface area contributed by atoms with Crippen molar-refractivity contribution in [2.45, 2.75) is 13.8 Å². The Bertz CT molecular complexity index is 492. The average molecular weight is 279 g/mol. The first kappa shape index (κ1) is 11.4. The molecule has 2 aromatic rings. The monoisotopic (exact) mass is 278 g/mol. The summed E-state index contributed by atoms with van der Waals surface area (Å²) in [7, 11) is 0. The molecule has 0 aliphatic carbocycles. The van der Waals surface area contributed by atoms with Crippen molar-refractivity contribution in [2.75, 3.05) is 18.0 Å². The zero-order valence-electron chi connectivity index (χ0n) is 9.57. The van der Waals surface area contributed by atoms with Gasteiger partial charge in [0.05, 0.1) is 5.52 Å². The number of aromatic nitrogens is 1. The molecule has 0 aliphatic heterocycles. The Balaban J connectivity index is 2.49. The SMILES string of the molecule is CCN(CC)c1ccc2ncc(Br)cc2c1. The van der Waals surface area contributed by atoms with Crippen LogP contribution in [0.15, 0.2) is 34.9 Å². The lowest BCUT2D eigenvalue weighted by Crippen LogP contribution is -2.21. The van der Waals surface area contributed by atoms with Crippen LogP contribution in [0.4, 0.5) is 5.69 Å². The Morgan fingerprint density at radius 1 is 1.19 bits per heavy atom. The van der Waals surface area contributed by atoms with Crippen LogP contribution < -0.4 is 4.90 Å². The molecule has 2 nitrogen and oxygen atoms in total. The highest BCUT2D eigenvalue weighted by molar-refractivity contribution is 9.10. The number of nitrogens with zero attached hydrogens (tertiary/aromatic N) is 2. The van der Waals surface area contributed by atoms with Crippen LogP contribution in [0.5, 0.6) is 0 Å². The summed E-state index contributed by atoms with van der Waals surface area (Å²) in [5.74, 6) is 0. The summed E-state index contributed by atoms with van der Waals surface area (Å²) in [4.78, 5) is 6.70. The van der Waals surface area contributed by atoms with E-state index in [1.807, 2.05) is 6.20 Å². The molecule has 1 aromatic carbocycles. The summed E-state index contributed by atoms with van der Waals surface area (Å²) < 4.78 is 1.02. The molecule has 84 valence electrons. The first-order valence-electron chi connectivity index (χ1n) is 5.55. The number of rotatable bonds is 3. The highest BCUT2D eigenvalue weighted by Crippen LogP contribution is 2.23. The summed E-state index contributed by atoms with van der Waals surface area (Å²) >= 11 is 3.45. The maximum Gasteiger partial charge on any atom is 0.0704 e. The Labute approximate surface area is 104 Å². The van der Waals surface area contributed by atoms with E-state index in [4.69, 9.17) is 0 Å². The van der Waals surface area contributed by atoms with Gasteiger partial charge in [-0.25, -0.2) is 0 Å². The third-order valence-electron chi connectivity index (χ3n) is 2.76. The van der Waals surface area contributed by atoms with Gasteiger partial charge in [0.15, 0.2) is 0 Å². The van der Waals surface area contributed by atoms with E-state index in [9.17, 15) is 0 Å². The molecule has 0 saturated carbocycles. The topological polar surface area (TPSA) is 16.1 Å². The maximum atomic E-state index is 4.37. The van der Waals surface area contributed by atoms with Crippen molar-refractivity contribution in [1.82, 2.24) is 4.98 Å². The van der Waals surface area contributed by atoms with Crippen molar-refractivity contribution in [3.63, 3.8) is 0 Å². The first-order chi connectivity index (χ1) is 7.74. The Hall–Kier alpha value is -1.09. The third-order valence-corrected chi connectivity index (χ3v) is 3.19. The van der Waals surface area contributed by atoms with Crippen LogP contribution in [0.25, 0.3) is 10.9 Å². The summed E-state index contributed by atoms with van der Waals surface area (Å²) in [5, 5.41) is 1.18. The van der Waals surface area contributed by atoms with Gasteiger partial charge in [0.1, 0.15) is 0 Å². The van der Waals surface area contributed by atoms with Gasteiger partial charge >= 0.3 is 0 Å². The average Bonchev–Trinajstić information content (AvgIpc) is 2.30. The molecule has 0 radical (unpaired) electrons. The predicted molar refractivity (Wildman–Crippen MR) is 73.0 cm³/mol. The molecule has 16 heavy (non-hydrogen) atoms. The van der Waals surface area contributed by atoms with Crippen LogP contribution in [0.1, 0.15) is 13.8 Å². The van der Waals surface area contributed by atoms with Crippen molar-refractivity contribution in [3.05, 3.63) is 34.9 Å². The van der Waals surface area contributed by atoms with Crippen LogP contribution in [-0.2, 0) is 0 Å². The van der Waals surface area contributed by atoms with E-state index >= 15 is 0 Å². The standard InChI is InChI=1S/C13H15BrN2/c1-3-16(4-2)12-5-6-13-10(8-12)7-11(14)9-15-13/h5-9H,3-4H2,1-2H3. The largest absolute Gasteiger partial charge is 0.372 e. The van der Waals surface area contributed by atoms with E-state index in [0.717, 1.165) is 23.1 Å². The number of hydrogen-bond acceptors (Lipinski definition) is 2. The van der Waals surface area contributed by atoms with Crippen molar-refractivity contribution in [3.8, 4) is 0 Å². The molecule has 3 heteroatoms. The van der Waals surface area contributed by atoms with Gasteiger partial charge in [-0.1, -0.05) is 0 Å². The molecule has 2 rings (SSSR count). The maximum absolute atomic E-state index is 4.37.